The number of likely N-dealkylation sites (tertiary alicyclic amines) is 1. The molecule has 1 aromatic carbocycles. The van der Waals surface area contributed by atoms with Crippen LogP contribution in [0.25, 0.3) is 0 Å². The number of nitrogens with zero attached hydrogens (tertiary/aromatic N) is 3. The lowest BCUT2D eigenvalue weighted by Gasteiger charge is -2.37. The first-order valence-corrected chi connectivity index (χ1v) is 12.3. The lowest BCUT2D eigenvalue weighted by Crippen LogP contribution is -2.52. The number of hydrogen-bond acceptors (Lipinski definition) is 5. The number of anilines is 1. The highest BCUT2D eigenvalue weighted by atomic mass is 32.2. The number of amides is 2. The van der Waals surface area contributed by atoms with Gasteiger partial charge in [-0.15, -0.1) is 0 Å². The number of piperazine rings is 1. The maximum atomic E-state index is 12.8. The second kappa shape index (κ2) is 9.45. The van der Waals surface area contributed by atoms with Crippen LogP contribution in [-0.2, 0) is 19.6 Å². The Labute approximate surface area is 179 Å². The molecule has 2 heterocycles. The summed E-state index contributed by atoms with van der Waals surface area (Å²) in [5.41, 5.74) is 3.04. The highest BCUT2D eigenvalue weighted by Gasteiger charge is 2.32. The average molecular weight is 437 g/mol. The topological polar surface area (TPSA) is 90.0 Å². The summed E-state index contributed by atoms with van der Waals surface area (Å²) in [6, 6.07) is 5.98. The molecule has 30 heavy (non-hydrogen) atoms. The van der Waals surface area contributed by atoms with Crippen molar-refractivity contribution in [1.29, 1.82) is 0 Å². The zero-order chi connectivity index (χ0) is 21.9. The van der Waals surface area contributed by atoms with E-state index in [1.807, 2.05) is 26.0 Å². The van der Waals surface area contributed by atoms with Gasteiger partial charge in [0.1, 0.15) is 0 Å². The fourth-order valence-electron chi connectivity index (χ4n) is 4.29. The van der Waals surface area contributed by atoms with Gasteiger partial charge in [-0.05, 0) is 63.0 Å². The van der Waals surface area contributed by atoms with Gasteiger partial charge >= 0.3 is 0 Å². The van der Waals surface area contributed by atoms with Gasteiger partial charge in [-0.2, -0.15) is 4.31 Å². The van der Waals surface area contributed by atoms with Crippen LogP contribution in [0.1, 0.15) is 24.0 Å². The van der Waals surface area contributed by atoms with Crippen molar-refractivity contribution in [3.05, 3.63) is 29.3 Å². The van der Waals surface area contributed by atoms with Gasteiger partial charge in [-0.25, -0.2) is 8.42 Å². The summed E-state index contributed by atoms with van der Waals surface area (Å²) in [7, 11) is -3.20. The third-order valence-corrected chi connectivity index (χ3v) is 7.13. The van der Waals surface area contributed by atoms with Crippen molar-refractivity contribution in [3.8, 4) is 0 Å². The average Bonchev–Trinajstić information content (AvgIpc) is 2.66. The summed E-state index contributed by atoms with van der Waals surface area (Å²) < 4.78 is 24.7. The number of aryl methyl sites for hydroxylation is 2. The number of nitrogens with one attached hydrogen (secondary N) is 1. The van der Waals surface area contributed by atoms with Gasteiger partial charge in [-0.3, -0.25) is 14.5 Å². The van der Waals surface area contributed by atoms with Crippen molar-refractivity contribution in [1.82, 2.24) is 14.1 Å². The monoisotopic (exact) mass is 436 g/mol. The lowest BCUT2D eigenvalue weighted by molar-refractivity contribution is -0.138. The van der Waals surface area contributed by atoms with Crippen LogP contribution in [0.3, 0.4) is 0 Å². The Kier molecular flexibility index (Phi) is 7.15. The number of piperidine rings is 1. The van der Waals surface area contributed by atoms with E-state index >= 15 is 0 Å². The van der Waals surface area contributed by atoms with Gasteiger partial charge in [-0.1, -0.05) is 6.07 Å². The molecule has 0 atom stereocenters. The van der Waals surface area contributed by atoms with Gasteiger partial charge in [0.2, 0.25) is 21.8 Å². The van der Waals surface area contributed by atoms with Gasteiger partial charge in [0.15, 0.2) is 0 Å². The summed E-state index contributed by atoms with van der Waals surface area (Å²) >= 11 is 0. The molecule has 0 saturated carbocycles. The molecule has 2 aliphatic rings. The highest BCUT2D eigenvalue weighted by Crippen LogP contribution is 2.21. The summed E-state index contributed by atoms with van der Waals surface area (Å²) in [6.07, 6.45) is 2.65. The van der Waals surface area contributed by atoms with Crippen LogP contribution in [0, 0.1) is 19.8 Å². The maximum Gasteiger partial charge on any atom is 0.238 e. The third kappa shape index (κ3) is 6.02. The number of benzene rings is 1. The van der Waals surface area contributed by atoms with Crippen LogP contribution in [0.15, 0.2) is 18.2 Å². The van der Waals surface area contributed by atoms with E-state index in [9.17, 15) is 18.0 Å². The van der Waals surface area contributed by atoms with Gasteiger partial charge in [0.25, 0.3) is 0 Å². The number of sulfonamides is 1. The Bertz CT molecular complexity index is 866. The fourth-order valence-corrected chi connectivity index (χ4v) is 5.11. The van der Waals surface area contributed by atoms with Crippen molar-refractivity contribution < 1.29 is 18.0 Å². The Morgan fingerprint density at radius 2 is 1.53 bits per heavy atom. The molecule has 8 nitrogen and oxygen atoms in total. The van der Waals surface area contributed by atoms with E-state index in [0.717, 1.165) is 29.7 Å². The quantitative estimate of drug-likeness (QED) is 0.745. The number of hydrogen-bond donors (Lipinski definition) is 1. The highest BCUT2D eigenvalue weighted by molar-refractivity contribution is 7.88. The van der Waals surface area contributed by atoms with Crippen LogP contribution in [-0.4, -0.2) is 86.4 Å². The number of carbonyl (C=O) groups is 2. The molecule has 2 saturated heterocycles. The van der Waals surface area contributed by atoms with E-state index in [2.05, 4.69) is 16.3 Å². The first-order valence-electron chi connectivity index (χ1n) is 10.5. The van der Waals surface area contributed by atoms with E-state index in [4.69, 9.17) is 0 Å². The van der Waals surface area contributed by atoms with Crippen molar-refractivity contribution in [3.63, 3.8) is 0 Å². The fraction of sp³-hybridized carbons (Fsp3) is 0.619. The second-order valence-corrected chi connectivity index (χ2v) is 10.4. The predicted molar refractivity (Wildman–Crippen MR) is 117 cm³/mol. The molecule has 2 aliphatic heterocycles. The van der Waals surface area contributed by atoms with Crippen molar-refractivity contribution >= 4 is 27.5 Å². The minimum Gasteiger partial charge on any atom is -0.340 e. The molecule has 2 amide bonds. The van der Waals surface area contributed by atoms with E-state index in [1.165, 1.54) is 10.6 Å². The van der Waals surface area contributed by atoms with Crippen LogP contribution in [0.2, 0.25) is 0 Å². The molecule has 3 rings (SSSR count). The number of rotatable bonds is 5. The summed E-state index contributed by atoms with van der Waals surface area (Å²) in [5, 5.41) is 2.96. The first kappa shape index (κ1) is 22.7. The van der Waals surface area contributed by atoms with Crippen LogP contribution in [0.5, 0.6) is 0 Å². The molecule has 0 aliphatic carbocycles. The Morgan fingerprint density at radius 3 is 2.07 bits per heavy atom. The van der Waals surface area contributed by atoms with Gasteiger partial charge < -0.3 is 10.2 Å². The SMILES string of the molecule is Cc1cc(C)cc(NC(=O)CN2CCC(C(=O)N3CCN(S(C)(=O)=O)CC3)CC2)c1. The van der Waals surface area contributed by atoms with E-state index in [1.54, 1.807) is 4.90 Å². The Hall–Kier alpha value is -1.97. The molecule has 0 radical (unpaired) electrons. The normalized spacial score (nSPS) is 19.6. The van der Waals surface area contributed by atoms with Gasteiger partial charge in [0, 0.05) is 37.8 Å². The molecular weight excluding hydrogens is 404 g/mol. The zero-order valence-corrected chi connectivity index (χ0v) is 18.9. The molecule has 9 heteroatoms. The maximum absolute atomic E-state index is 12.8. The molecule has 0 bridgehead atoms. The smallest absolute Gasteiger partial charge is 0.238 e. The summed E-state index contributed by atoms with van der Waals surface area (Å²) in [6.45, 7) is 7.37. The van der Waals surface area contributed by atoms with Crippen molar-refractivity contribution in [2.75, 3.05) is 57.4 Å². The molecule has 166 valence electrons. The minimum atomic E-state index is -3.20. The summed E-state index contributed by atoms with van der Waals surface area (Å²) in [5.74, 6) is 0.0256. The Balaban J connectivity index is 1.43. The lowest BCUT2D eigenvalue weighted by atomic mass is 9.95. The van der Waals surface area contributed by atoms with Crippen LogP contribution >= 0.6 is 0 Å². The van der Waals surface area contributed by atoms with Gasteiger partial charge in [0.05, 0.1) is 12.8 Å². The molecule has 2 fully saturated rings. The van der Waals surface area contributed by atoms with Crippen molar-refractivity contribution in [2.24, 2.45) is 5.92 Å². The van der Waals surface area contributed by atoms with Crippen LogP contribution in [0.4, 0.5) is 5.69 Å². The minimum absolute atomic E-state index is 0.0401. The third-order valence-electron chi connectivity index (χ3n) is 5.83. The van der Waals surface area contributed by atoms with Crippen LogP contribution < -0.4 is 5.32 Å². The number of carbonyl (C=O) groups excluding carboxylic acids is 2. The molecule has 0 spiro atoms. The molecule has 0 unspecified atom stereocenters. The first-order chi connectivity index (χ1) is 14.1. The predicted octanol–water partition coefficient (Wildman–Crippen LogP) is 1.06. The molecule has 1 aromatic rings. The Morgan fingerprint density at radius 1 is 0.967 bits per heavy atom. The van der Waals surface area contributed by atoms with E-state index in [-0.39, 0.29) is 17.7 Å². The largest absolute Gasteiger partial charge is 0.340 e. The van der Waals surface area contributed by atoms with E-state index in [0.29, 0.717) is 45.8 Å². The zero-order valence-electron chi connectivity index (χ0n) is 18.1. The molecule has 0 aromatic heterocycles. The van der Waals surface area contributed by atoms with E-state index < -0.39 is 10.0 Å². The van der Waals surface area contributed by atoms with Crippen molar-refractivity contribution in [2.45, 2.75) is 26.7 Å². The summed E-state index contributed by atoms with van der Waals surface area (Å²) in [4.78, 5) is 29.1. The molecule has 1 N–H and O–H groups in total. The standard InChI is InChI=1S/C21H32N4O4S/c1-16-12-17(2)14-19(13-16)22-20(26)15-23-6-4-18(5-7-23)21(27)24-8-10-25(11-9-24)30(3,28)29/h12-14,18H,4-11,15H2,1-3H3,(H,22,26). The molecular formula is C21H32N4O4S. The second-order valence-electron chi connectivity index (χ2n) is 8.46.